The highest BCUT2D eigenvalue weighted by Crippen LogP contribution is 2.35. The molecule has 6 heteroatoms. The molecular formula is C9H12N4OS. The van der Waals surface area contributed by atoms with Crippen molar-refractivity contribution in [3.63, 3.8) is 0 Å². The zero-order chi connectivity index (χ0) is 10.7. The SMILES string of the molecule is CC(N)C(Sc1ncn[nH]1)c1ccco1. The summed E-state index contributed by atoms with van der Waals surface area (Å²) in [5, 5.41) is 7.37. The molecule has 2 heterocycles. The van der Waals surface area contributed by atoms with Crippen LogP contribution in [-0.4, -0.2) is 21.2 Å². The van der Waals surface area contributed by atoms with E-state index in [-0.39, 0.29) is 11.3 Å². The van der Waals surface area contributed by atoms with Crippen molar-refractivity contribution in [2.24, 2.45) is 5.73 Å². The Hall–Kier alpha value is -1.27. The average Bonchev–Trinajstić information content (AvgIpc) is 2.87. The Kier molecular flexibility index (Phi) is 3.08. The fraction of sp³-hybridized carbons (Fsp3) is 0.333. The number of hydrogen-bond acceptors (Lipinski definition) is 5. The maximum absolute atomic E-state index is 5.90. The van der Waals surface area contributed by atoms with Crippen LogP contribution in [0.5, 0.6) is 0 Å². The third-order valence-electron chi connectivity index (χ3n) is 1.93. The summed E-state index contributed by atoms with van der Waals surface area (Å²) in [7, 11) is 0. The standard InChI is InChI=1S/C9H12N4OS/c1-6(10)8(7-3-2-4-14-7)15-9-11-5-12-13-9/h2-6,8H,10H2,1H3,(H,11,12,13). The molecule has 0 radical (unpaired) electrons. The minimum absolute atomic E-state index is 0.0220. The van der Waals surface area contributed by atoms with Gasteiger partial charge in [-0.15, -0.1) is 0 Å². The second-order valence-corrected chi connectivity index (χ2v) is 4.33. The van der Waals surface area contributed by atoms with Crippen molar-refractivity contribution in [1.29, 1.82) is 0 Å². The van der Waals surface area contributed by atoms with Crippen molar-refractivity contribution >= 4 is 11.8 Å². The summed E-state index contributed by atoms with van der Waals surface area (Å²) in [6.07, 6.45) is 3.12. The lowest BCUT2D eigenvalue weighted by Gasteiger charge is -2.15. The summed E-state index contributed by atoms with van der Waals surface area (Å²) >= 11 is 1.51. The molecule has 0 spiro atoms. The van der Waals surface area contributed by atoms with E-state index in [1.807, 2.05) is 19.1 Å². The number of aromatic amines is 1. The van der Waals surface area contributed by atoms with Crippen LogP contribution in [0.15, 0.2) is 34.3 Å². The van der Waals surface area contributed by atoms with Crippen LogP contribution < -0.4 is 5.73 Å². The first-order chi connectivity index (χ1) is 7.27. The monoisotopic (exact) mass is 224 g/mol. The van der Waals surface area contributed by atoms with Crippen LogP contribution in [0.4, 0.5) is 0 Å². The summed E-state index contributed by atoms with van der Waals surface area (Å²) in [6.45, 7) is 1.94. The smallest absolute Gasteiger partial charge is 0.184 e. The van der Waals surface area contributed by atoms with Crippen LogP contribution in [0.3, 0.4) is 0 Å². The molecule has 2 unspecified atom stereocenters. The van der Waals surface area contributed by atoms with E-state index in [9.17, 15) is 0 Å². The summed E-state index contributed by atoms with van der Waals surface area (Å²) < 4.78 is 5.34. The predicted octanol–water partition coefficient (Wildman–Crippen LogP) is 1.58. The fourth-order valence-corrected chi connectivity index (χ4v) is 2.17. The van der Waals surface area contributed by atoms with Crippen molar-refractivity contribution in [3.8, 4) is 0 Å². The molecule has 15 heavy (non-hydrogen) atoms. The average molecular weight is 224 g/mol. The third kappa shape index (κ3) is 2.40. The number of rotatable bonds is 4. The molecule has 2 aromatic heterocycles. The maximum Gasteiger partial charge on any atom is 0.184 e. The van der Waals surface area contributed by atoms with Gasteiger partial charge < -0.3 is 10.2 Å². The van der Waals surface area contributed by atoms with Crippen molar-refractivity contribution in [2.75, 3.05) is 0 Å². The van der Waals surface area contributed by atoms with E-state index in [2.05, 4.69) is 15.2 Å². The van der Waals surface area contributed by atoms with Gasteiger partial charge in [0.25, 0.3) is 0 Å². The van der Waals surface area contributed by atoms with Crippen molar-refractivity contribution in [2.45, 2.75) is 23.4 Å². The molecule has 0 aliphatic carbocycles. The zero-order valence-electron chi connectivity index (χ0n) is 8.25. The number of H-pyrrole nitrogens is 1. The van der Waals surface area contributed by atoms with Gasteiger partial charge in [-0.3, -0.25) is 5.10 Å². The van der Waals surface area contributed by atoms with Crippen molar-refractivity contribution in [3.05, 3.63) is 30.5 Å². The highest BCUT2D eigenvalue weighted by Gasteiger charge is 2.21. The summed E-state index contributed by atoms with van der Waals surface area (Å²) in [6, 6.07) is 3.74. The lowest BCUT2D eigenvalue weighted by Crippen LogP contribution is -2.22. The Bertz CT molecular complexity index is 384. The van der Waals surface area contributed by atoms with Crippen LogP contribution in [0.1, 0.15) is 17.9 Å². The number of nitrogens with one attached hydrogen (secondary N) is 1. The normalized spacial score (nSPS) is 15.1. The molecule has 2 atom stereocenters. The van der Waals surface area contributed by atoms with Crippen molar-refractivity contribution in [1.82, 2.24) is 15.2 Å². The van der Waals surface area contributed by atoms with E-state index >= 15 is 0 Å². The molecule has 0 fully saturated rings. The van der Waals surface area contributed by atoms with E-state index in [0.29, 0.717) is 0 Å². The molecule has 80 valence electrons. The van der Waals surface area contributed by atoms with Gasteiger partial charge in [-0.25, -0.2) is 4.98 Å². The van der Waals surface area contributed by atoms with Gasteiger partial charge in [0.05, 0.1) is 11.5 Å². The van der Waals surface area contributed by atoms with E-state index in [0.717, 1.165) is 10.9 Å². The molecule has 0 aliphatic rings. The highest BCUT2D eigenvalue weighted by molar-refractivity contribution is 7.99. The molecule has 2 aromatic rings. The maximum atomic E-state index is 5.90. The van der Waals surface area contributed by atoms with Crippen LogP contribution in [0.25, 0.3) is 0 Å². The molecule has 0 amide bonds. The first kappa shape index (κ1) is 10.3. The van der Waals surface area contributed by atoms with E-state index in [1.165, 1.54) is 18.1 Å². The first-order valence-corrected chi connectivity index (χ1v) is 5.46. The molecule has 0 saturated heterocycles. The quantitative estimate of drug-likeness (QED) is 0.770. The molecule has 0 bridgehead atoms. The number of thioether (sulfide) groups is 1. The number of aromatic nitrogens is 3. The van der Waals surface area contributed by atoms with Gasteiger partial charge in [0, 0.05) is 6.04 Å². The topological polar surface area (TPSA) is 80.7 Å². The number of furan rings is 1. The third-order valence-corrected chi connectivity index (χ3v) is 3.27. The second kappa shape index (κ2) is 4.50. The van der Waals surface area contributed by atoms with Crippen LogP contribution >= 0.6 is 11.8 Å². The molecule has 0 saturated carbocycles. The number of nitrogens with two attached hydrogens (primary N) is 1. The lowest BCUT2D eigenvalue weighted by atomic mass is 10.2. The second-order valence-electron chi connectivity index (χ2n) is 3.20. The van der Waals surface area contributed by atoms with Crippen LogP contribution in [0, 0.1) is 0 Å². The Morgan fingerprint density at radius 3 is 3.00 bits per heavy atom. The first-order valence-electron chi connectivity index (χ1n) is 4.58. The number of hydrogen-bond donors (Lipinski definition) is 2. The fourth-order valence-electron chi connectivity index (χ4n) is 1.25. The van der Waals surface area contributed by atoms with Crippen molar-refractivity contribution < 1.29 is 4.42 Å². The predicted molar refractivity (Wildman–Crippen MR) is 57.3 cm³/mol. The van der Waals surface area contributed by atoms with Gasteiger partial charge in [0.15, 0.2) is 5.16 Å². The largest absolute Gasteiger partial charge is 0.468 e. The van der Waals surface area contributed by atoms with E-state index in [4.69, 9.17) is 10.2 Å². The molecule has 5 nitrogen and oxygen atoms in total. The van der Waals surface area contributed by atoms with E-state index < -0.39 is 0 Å². The van der Waals surface area contributed by atoms with E-state index in [1.54, 1.807) is 6.26 Å². The van der Waals surface area contributed by atoms with Crippen LogP contribution in [-0.2, 0) is 0 Å². The summed E-state index contributed by atoms with van der Waals surface area (Å²) in [5.41, 5.74) is 5.90. The Morgan fingerprint density at radius 2 is 2.47 bits per heavy atom. The van der Waals surface area contributed by atoms with Crippen LogP contribution in [0.2, 0.25) is 0 Å². The molecule has 0 aliphatic heterocycles. The minimum atomic E-state index is -0.0220. The Balaban J connectivity index is 2.14. The summed E-state index contributed by atoms with van der Waals surface area (Å²) in [5.74, 6) is 0.853. The summed E-state index contributed by atoms with van der Waals surface area (Å²) in [4.78, 5) is 4.05. The van der Waals surface area contributed by atoms with Gasteiger partial charge in [0.2, 0.25) is 0 Å². The molecular weight excluding hydrogens is 212 g/mol. The molecule has 0 aromatic carbocycles. The Morgan fingerprint density at radius 1 is 1.60 bits per heavy atom. The van der Waals surface area contributed by atoms with Gasteiger partial charge in [0.1, 0.15) is 12.1 Å². The molecule has 2 rings (SSSR count). The molecule has 3 N–H and O–H groups in total. The zero-order valence-corrected chi connectivity index (χ0v) is 9.07. The highest BCUT2D eigenvalue weighted by atomic mass is 32.2. The van der Waals surface area contributed by atoms with Gasteiger partial charge in [-0.1, -0.05) is 11.8 Å². The van der Waals surface area contributed by atoms with Gasteiger partial charge in [-0.2, -0.15) is 5.10 Å². The van der Waals surface area contributed by atoms with Gasteiger partial charge >= 0.3 is 0 Å². The number of nitrogens with zero attached hydrogens (tertiary/aromatic N) is 2. The minimum Gasteiger partial charge on any atom is -0.468 e. The lowest BCUT2D eigenvalue weighted by molar-refractivity contribution is 0.486. The Labute approximate surface area is 91.5 Å². The van der Waals surface area contributed by atoms with Gasteiger partial charge in [-0.05, 0) is 19.1 Å².